The molecule has 1 aromatic heterocycles. The van der Waals surface area contributed by atoms with Crippen LogP contribution < -0.4 is 10.2 Å². The predicted octanol–water partition coefficient (Wildman–Crippen LogP) is 1.25. The summed E-state index contributed by atoms with van der Waals surface area (Å²) in [6.07, 6.45) is 3.39. The second kappa shape index (κ2) is 2.70. The third-order valence-electron chi connectivity index (χ3n) is 2.80. The maximum Gasteiger partial charge on any atom is 0.249 e. The van der Waals surface area contributed by atoms with Crippen molar-refractivity contribution >= 4 is 17.3 Å². The van der Waals surface area contributed by atoms with Gasteiger partial charge < -0.3 is 10.2 Å². The van der Waals surface area contributed by atoms with Gasteiger partial charge in [-0.2, -0.15) is 0 Å². The summed E-state index contributed by atoms with van der Waals surface area (Å²) in [5, 5.41) is 2.84. The van der Waals surface area contributed by atoms with E-state index in [2.05, 4.69) is 10.3 Å². The minimum atomic E-state index is -0.506. The average Bonchev–Trinajstić information content (AvgIpc) is 2.15. The van der Waals surface area contributed by atoms with Crippen LogP contribution in [0.25, 0.3) is 0 Å². The van der Waals surface area contributed by atoms with Crippen LogP contribution in [0.4, 0.5) is 11.4 Å². The SMILES string of the molecule is CN1c2ccncc2NC(=O)C1(C)C. The van der Waals surface area contributed by atoms with E-state index in [-0.39, 0.29) is 5.91 Å². The Hall–Kier alpha value is -1.58. The third kappa shape index (κ3) is 1.07. The molecule has 0 aromatic carbocycles. The topological polar surface area (TPSA) is 45.2 Å². The Kier molecular flexibility index (Phi) is 1.74. The van der Waals surface area contributed by atoms with Gasteiger partial charge in [0.25, 0.3) is 0 Å². The molecule has 0 saturated carbocycles. The van der Waals surface area contributed by atoms with Crippen molar-refractivity contribution in [2.75, 3.05) is 17.3 Å². The number of pyridine rings is 1. The molecule has 0 aliphatic carbocycles. The molecule has 0 unspecified atom stereocenters. The molecule has 4 heteroatoms. The smallest absolute Gasteiger partial charge is 0.249 e. The van der Waals surface area contributed by atoms with Crippen LogP contribution in [0.15, 0.2) is 18.5 Å². The largest absolute Gasteiger partial charge is 0.359 e. The van der Waals surface area contributed by atoms with Crippen LogP contribution in [-0.2, 0) is 4.79 Å². The minimum absolute atomic E-state index is 0.000463. The molecule has 2 heterocycles. The van der Waals surface area contributed by atoms with Crippen molar-refractivity contribution in [1.82, 2.24) is 4.98 Å². The van der Waals surface area contributed by atoms with E-state index in [1.54, 1.807) is 12.4 Å². The molecular formula is C10H13N3O. The van der Waals surface area contributed by atoms with Gasteiger partial charge in [0.15, 0.2) is 0 Å². The van der Waals surface area contributed by atoms with Crippen molar-refractivity contribution in [1.29, 1.82) is 0 Å². The van der Waals surface area contributed by atoms with Gasteiger partial charge in [-0.25, -0.2) is 0 Å². The van der Waals surface area contributed by atoms with Crippen LogP contribution >= 0.6 is 0 Å². The normalized spacial score (nSPS) is 18.8. The van der Waals surface area contributed by atoms with E-state index in [1.807, 2.05) is 31.9 Å². The summed E-state index contributed by atoms with van der Waals surface area (Å²) >= 11 is 0. The van der Waals surface area contributed by atoms with Gasteiger partial charge in [-0.15, -0.1) is 0 Å². The highest BCUT2D eigenvalue weighted by molar-refractivity contribution is 6.05. The Morgan fingerprint density at radius 3 is 2.93 bits per heavy atom. The number of hydrogen-bond acceptors (Lipinski definition) is 3. The van der Waals surface area contributed by atoms with Crippen LogP contribution in [0.3, 0.4) is 0 Å². The van der Waals surface area contributed by atoms with E-state index in [0.717, 1.165) is 11.4 Å². The fourth-order valence-electron chi connectivity index (χ4n) is 1.50. The summed E-state index contributed by atoms with van der Waals surface area (Å²) in [4.78, 5) is 17.6. The van der Waals surface area contributed by atoms with Gasteiger partial charge in [0.05, 0.1) is 17.6 Å². The zero-order chi connectivity index (χ0) is 10.3. The average molecular weight is 191 g/mol. The van der Waals surface area contributed by atoms with E-state index in [1.165, 1.54) is 0 Å². The molecule has 0 radical (unpaired) electrons. The highest BCUT2D eigenvalue weighted by atomic mass is 16.2. The first kappa shape index (κ1) is 8.99. The Bertz CT molecular complexity index is 387. The molecule has 1 aliphatic rings. The first-order chi connectivity index (χ1) is 6.53. The molecule has 0 fully saturated rings. The van der Waals surface area contributed by atoms with Crippen molar-refractivity contribution in [3.63, 3.8) is 0 Å². The molecule has 0 spiro atoms. The summed E-state index contributed by atoms with van der Waals surface area (Å²) in [5.74, 6) is 0.000463. The van der Waals surface area contributed by atoms with Gasteiger partial charge in [0, 0.05) is 13.2 Å². The number of aromatic nitrogens is 1. The van der Waals surface area contributed by atoms with Gasteiger partial charge in [-0.1, -0.05) is 0 Å². The molecule has 14 heavy (non-hydrogen) atoms. The van der Waals surface area contributed by atoms with Crippen LogP contribution in [0.5, 0.6) is 0 Å². The fourth-order valence-corrected chi connectivity index (χ4v) is 1.50. The molecule has 1 N–H and O–H groups in total. The molecule has 1 aromatic rings. The monoisotopic (exact) mass is 191 g/mol. The Morgan fingerprint density at radius 2 is 2.21 bits per heavy atom. The molecule has 0 bridgehead atoms. The fraction of sp³-hybridized carbons (Fsp3) is 0.400. The minimum Gasteiger partial charge on any atom is -0.359 e. The zero-order valence-corrected chi connectivity index (χ0v) is 8.53. The van der Waals surface area contributed by atoms with E-state index in [9.17, 15) is 4.79 Å². The first-order valence-corrected chi connectivity index (χ1v) is 4.53. The quantitative estimate of drug-likeness (QED) is 0.671. The van der Waals surface area contributed by atoms with E-state index in [0.29, 0.717) is 0 Å². The van der Waals surface area contributed by atoms with Gasteiger partial charge in [-0.3, -0.25) is 9.78 Å². The van der Waals surface area contributed by atoms with Gasteiger partial charge in [0.1, 0.15) is 5.54 Å². The van der Waals surface area contributed by atoms with E-state index in [4.69, 9.17) is 0 Å². The number of hydrogen-bond donors (Lipinski definition) is 1. The Labute approximate surface area is 82.9 Å². The highest BCUT2D eigenvalue weighted by Gasteiger charge is 2.37. The summed E-state index contributed by atoms with van der Waals surface area (Å²) in [6, 6.07) is 1.90. The third-order valence-corrected chi connectivity index (χ3v) is 2.80. The van der Waals surface area contributed by atoms with Crippen molar-refractivity contribution < 1.29 is 4.79 Å². The molecule has 74 valence electrons. The van der Waals surface area contributed by atoms with Crippen LogP contribution in [0.1, 0.15) is 13.8 Å². The van der Waals surface area contributed by atoms with Gasteiger partial charge in [0.2, 0.25) is 5.91 Å². The number of carbonyl (C=O) groups is 1. The number of amides is 1. The summed E-state index contributed by atoms with van der Waals surface area (Å²) in [5.41, 5.74) is 1.28. The number of nitrogens with one attached hydrogen (secondary N) is 1. The lowest BCUT2D eigenvalue weighted by atomic mass is 9.98. The molecule has 0 saturated heterocycles. The summed E-state index contributed by atoms with van der Waals surface area (Å²) in [6.45, 7) is 3.79. The lowest BCUT2D eigenvalue weighted by Crippen LogP contribution is -2.54. The molecule has 2 rings (SSSR count). The standard InChI is InChI=1S/C10H13N3O/c1-10(2)9(14)12-7-6-11-5-4-8(7)13(10)3/h4-6H,1-3H3,(H,12,14). The Balaban J connectivity index is 2.55. The van der Waals surface area contributed by atoms with E-state index < -0.39 is 5.54 Å². The number of nitrogens with zero attached hydrogens (tertiary/aromatic N) is 2. The number of carbonyl (C=O) groups excluding carboxylic acids is 1. The van der Waals surface area contributed by atoms with Crippen molar-refractivity contribution in [2.45, 2.75) is 19.4 Å². The number of rotatable bonds is 0. The molecule has 4 nitrogen and oxygen atoms in total. The lowest BCUT2D eigenvalue weighted by molar-refractivity contribution is -0.120. The van der Waals surface area contributed by atoms with Crippen LogP contribution in [0, 0.1) is 0 Å². The zero-order valence-electron chi connectivity index (χ0n) is 8.53. The van der Waals surface area contributed by atoms with Gasteiger partial charge in [-0.05, 0) is 19.9 Å². The number of anilines is 2. The molecule has 1 amide bonds. The van der Waals surface area contributed by atoms with Crippen molar-refractivity contribution in [2.24, 2.45) is 0 Å². The van der Waals surface area contributed by atoms with Crippen LogP contribution in [0.2, 0.25) is 0 Å². The number of likely N-dealkylation sites (N-methyl/N-ethyl adjacent to an activating group) is 1. The van der Waals surface area contributed by atoms with E-state index >= 15 is 0 Å². The maximum atomic E-state index is 11.7. The van der Waals surface area contributed by atoms with Gasteiger partial charge >= 0.3 is 0 Å². The summed E-state index contributed by atoms with van der Waals surface area (Å²) < 4.78 is 0. The number of fused-ring (bicyclic) bond motifs is 1. The summed E-state index contributed by atoms with van der Waals surface area (Å²) in [7, 11) is 1.91. The predicted molar refractivity (Wildman–Crippen MR) is 55.3 cm³/mol. The molecule has 0 atom stereocenters. The van der Waals surface area contributed by atoms with Crippen molar-refractivity contribution in [3.8, 4) is 0 Å². The maximum absolute atomic E-state index is 11.7. The van der Waals surface area contributed by atoms with Crippen molar-refractivity contribution in [3.05, 3.63) is 18.5 Å². The highest BCUT2D eigenvalue weighted by Crippen LogP contribution is 2.34. The lowest BCUT2D eigenvalue weighted by Gasteiger charge is -2.40. The molecular weight excluding hydrogens is 178 g/mol. The van der Waals surface area contributed by atoms with Crippen LogP contribution in [-0.4, -0.2) is 23.5 Å². The Morgan fingerprint density at radius 1 is 1.50 bits per heavy atom. The molecule has 1 aliphatic heterocycles. The second-order valence-corrected chi connectivity index (χ2v) is 3.96. The first-order valence-electron chi connectivity index (χ1n) is 4.53. The second-order valence-electron chi connectivity index (χ2n) is 3.96.